The fourth-order valence-electron chi connectivity index (χ4n) is 4.52. The van der Waals surface area contributed by atoms with Crippen LogP contribution >= 0.6 is 39.1 Å². The number of ether oxygens (including phenoxy) is 1. The summed E-state index contributed by atoms with van der Waals surface area (Å²) in [6.45, 7) is 8.89. The lowest BCUT2D eigenvalue weighted by atomic mass is 9.49. The summed E-state index contributed by atoms with van der Waals surface area (Å²) in [6, 6.07) is 0. The summed E-state index contributed by atoms with van der Waals surface area (Å²) in [5, 5.41) is -0.106. The van der Waals surface area contributed by atoms with Gasteiger partial charge in [0.05, 0.1) is 22.0 Å². The Balaban J connectivity index is 2.17. The van der Waals surface area contributed by atoms with Crippen molar-refractivity contribution in [3.63, 3.8) is 0 Å². The summed E-state index contributed by atoms with van der Waals surface area (Å²) in [5.41, 5.74) is -0.221. The van der Waals surface area contributed by atoms with E-state index in [1.165, 1.54) is 4.48 Å². The monoisotopic (exact) mass is 366 g/mol. The first kappa shape index (κ1) is 14.7. The van der Waals surface area contributed by atoms with Crippen LogP contribution in [0.25, 0.3) is 0 Å². The van der Waals surface area contributed by atoms with Crippen molar-refractivity contribution in [2.45, 2.75) is 68.9 Å². The van der Waals surface area contributed by atoms with Crippen LogP contribution in [-0.2, 0) is 4.74 Å². The first-order valence-corrected chi connectivity index (χ1v) is 8.56. The maximum atomic E-state index is 6.67. The van der Waals surface area contributed by atoms with Crippen molar-refractivity contribution in [2.24, 2.45) is 10.8 Å². The molecule has 0 radical (unpaired) electrons. The van der Waals surface area contributed by atoms with E-state index >= 15 is 0 Å². The van der Waals surface area contributed by atoms with Crippen LogP contribution in [0, 0.1) is 10.8 Å². The molecule has 2 bridgehead atoms. The molecule has 2 aliphatic carbocycles. The van der Waals surface area contributed by atoms with E-state index in [-0.39, 0.29) is 32.8 Å². The van der Waals surface area contributed by atoms with Crippen molar-refractivity contribution in [1.29, 1.82) is 0 Å². The minimum absolute atomic E-state index is 0.0370. The molecule has 1 nitrogen and oxygen atoms in total. The number of hydrogen-bond donors (Lipinski definition) is 0. The second-order valence-electron chi connectivity index (χ2n) is 7.32. The van der Waals surface area contributed by atoms with Gasteiger partial charge in [-0.3, -0.25) is 0 Å². The highest BCUT2D eigenvalue weighted by molar-refractivity contribution is 9.11. The quantitative estimate of drug-likeness (QED) is 0.532. The van der Waals surface area contributed by atoms with Gasteiger partial charge in [-0.15, -0.1) is 23.2 Å². The standard InChI is InChI=1S/C15H21BrCl2O/c1-12(2)9(16)7-10(17)14(4)15(12)6-5-13(3,18)11(8-15)19-14/h7,10-11H,5-6,8H2,1-4H3/t10-,11+,13-,14+,15+/m0/s1. The number of hydrogen-bond acceptors (Lipinski definition) is 1. The molecule has 108 valence electrons. The topological polar surface area (TPSA) is 9.23 Å². The van der Waals surface area contributed by atoms with Gasteiger partial charge in [0.2, 0.25) is 0 Å². The Kier molecular flexibility index (Phi) is 3.04. The molecule has 0 N–H and O–H groups in total. The SMILES string of the molecule is CC1(C)C(Br)=C[C@H](Cl)[C@@]2(C)O[C@@H]3C[C@]12CC[C@]3(C)Cl. The Hall–Kier alpha value is 0.760. The lowest BCUT2D eigenvalue weighted by molar-refractivity contribution is -0.100. The summed E-state index contributed by atoms with van der Waals surface area (Å²) in [4.78, 5) is -0.259. The Labute approximate surface area is 134 Å². The number of halogens is 3. The van der Waals surface area contributed by atoms with Gasteiger partial charge in [-0.05, 0) is 37.6 Å². The van der Waals surface area contributed by atoms with Gasteiger partial charge in [-0.2, -0.15) is 0 Å². The molecule has 1 spiro atoms. The molecular formula is C15H21BrCl2O. The van der Waals surface area contributed by atoms with E-state index < -0.39 is 0 Å². The number of allylic oxidation sites excluding steroid dienone is 1. The second kappa shape index (κ2) is 3.94. The van der Waals surface area contributed by atoms with Crippen molar-refractivity contribution in [2.75, 3.05) is 0 Å². The van der Waals surface area contributed by atoms with Crippen molar-refractivity contribution in [3.05, 3.63) is 10.6 Å². The smallest absolute Gasteiger partial charge is 0.0922 e. The highest BCUT2D eigenvalue weighted by Crippen LogP contribution is 2.71. The van der Waals surface area contributed by atoms with Crippen molar-refractivity contribution >= 4 is 39.1 Å². The summed E-state index contributed by atoms with van der Waals surface area (Å²) in [5.74, 6) is 0. The van der Waals surface area contributed by atoms with Gasteiger partial charge in [-0.1, -0.05) is 35.9 Å². The molecule has 1 saturated heterocycles. The fraction of sp³-hybridized carbons (Fsp3) is 0.867. The van der Waals surface area contributed by atoms with Crippen LogP contribution < -0.4 is 0 Å². The van der Waals surface area contributed by atoms with E-state index in [1.54, 1.807) is 0 Å². The zero-order valence-corrected chi connectivity index (χ0v) is 15.0. The Morgan fingerprint density at radius 2 is 1.89 bits per heavy atom. The van der Waals surface area contributed by atoms with Crippen LogP contribution in [0.2, 0.25) is 0 Å². The molecule has 1 saturated carbocycles. The summed E-state index contributed by atoms with van der Waals surface area (Å²) in [6.07, 6.45) is 5.27. The van der Waals surface area contributed by atoms with Crippen LogP contribution in [0.3, 0.4) is 0 Å². The van der Waals surface area contributed by atoms with Gasteiger partial charge in [0.25, 0.3) is 0 Å². The number of rotatable bonds is 0. The molecule has 5 atom stereocenters. The van der Waals surface area contributed by atoms with E-state index in [4.69, 9.17) is 27.9 Å². The molecule has 0 aromatic heterocycles. The second-order valence-corrected chi connectivity index (χ2v) is 9.51. The maximum absolute atomic E-state index is 6.67. The first-order valence-electron chi connectivity index (χ1n) is 6.95. The van der Waals surface area contributed by atoms with Gasteiger partial charge >= 0.3 is 0 Å². The van der Waals surface area contributed by atoms with E-state index in [9.17, 15) is 0 Å². The predicted molar refractivity (Wildman–Crippen MR) is 84.3 cm³/mol. The average molecular weight is 368 g/mol. The Bertz CT molecular complexity index is 459. The van der Waals surface area contributed by atoms with Crippen LogP contribution in [0.4, 0.5) is 0 Å². The molecule has 0 aromatic rings. The van der Waals surface area contributed by atoms with Gasteiger partial charge in [0.1, 0.15) is 0 Å². The molecule has 3 rings (SSSR count). The van der Waals surface area contributed by atoms with Gasteiger partial charge in [0.15, 0.2) is 0 Å². The van der Waals surface area contributed by atoms with Crippen molar-refractivity contribution < 1.29 is 4.74 Å². The first-order chi connectivity index (χ1) is 8.57. The van der Waals surface area contributed by atoms with Crippen molar-refractivity contribution in [3.8, 4) is 0 Å². The molecule has 19 heavy (non-hydrogen) atoms. The van der Waals surface area contributed by atoms with E-state index in [1.807, 2.05) is 0 Å². The number of alkyl halides is 2. The fourth-order valence-corrected chi connectivity index (χ4v) is 5.91. The predicted octanol–water partition coefficient (Wildman–Crippen LogP) is 5.24. The van der Waals surface area contributed by atoms with Crippen LogP contribution in [-0.4, -0.2) is 22.0 Å². The van der Waals surface area contributed by atoms with Crippen molar-refractivity contribution in [1.82, 2.24) is 0 Å². The normalized spacial score (nSPS) is 55.6. The molecule has 2 fully saturated rings. The van der Waals surface area contributed by atoms with Gasteiger partial charge in [0, 0.05) is 10.8 Å². The highest BCUT2D eigenvalue weighted by atomic mass is 79.9. The van der Waals surface area contributed by atoms with Crippen LogP contribution in [0.5, 0.6) is 0 Å². The molecule has 0 unspecified atom stereocenters. The Morgan fingerprint density at radius 3 is 2.53 bits per heavy atom. The minimum Gasteiger partial charge on any atom is -0.368 e. The number of fused-ring (bicyclic) bond motifs is 1. The summed E-state index contributed by atoms with van der Waals surface area (Å²) < 4.78 is 7.66. The molecule has 1 heterocycles. The van der Waals surface area contributed by atoms with E-state index in [2.05, 4.69) is 49.7 Å². The molecule has 0 aromatic carbocycles. The zero-order chi connectivity index (χ0) is 14.3. The van der Waals surface area contributed by atoms with Crippen LogP contribution in [0.1, 0.15) is 47.0 Å². The molecule has 3 aliphatic rings. The molecule has 1 aliphatic heterocycles. The zero-order valence-electron chi connectivity index (χ0n) is 11.9. The lowest BCUT2D eigenvalue weighted by Gasteiger charge is -2.57. The summed E-state index contributed by atoms with van der Waals surface area (Å²) >= 11 is 17.1. The molecular weight excluding hydrogens is 347 g/mol. The van der Waals surface area contributed by atoms with Crippen LogP contribution in [0.15, 0.2) is 10.6 Å². The molecule has 0 amide bonds. The third-order valence-corrected chi connectivity index (χ3v) is 8.43. The van der Waals surface area contributed by atoms with E-state index in [0.717, 1.165) is 19.3 Å². The third kappa shape index (κ3) is 1.58. The maximum Gasteiger partial charge on any atom is 0.0922 e. The van der Waals surface area contributed by atoms with Gasteiger partial charge in [-0.25, -0.2) is 0 Å². The Morgan fingerprint density at radius 1 is 1.26 bits per heavy atom. The van der Waals surface area contributed by atoms with E-state index in [0.29, 0.717) is 0 Å². The average Bonchev–Trinajstić information content (AvgIpc) is 2.58. The molecule has 4 heteroatoms. The lowest BCUT2D eigenvalue weighted by Crippen LogP contribution is -2.59. The third-order valence-electron chi connectivity index (χ3n) is 6.20. The highest BCUT2D eigenvalue weighted by Gasteiger charge is 2.71. The minimum atomic E-state index is -0.327. The van der Waals surface area contributed by atoms with Gasteiger partial charge < -0.3 is 4.74 Å². The summed E-state index contributed by atoms with van der Waals surface area (Å²) in [7, 11) is 0. The largest absolute Gasteiger partial charge is 0.368 e.